The van der Waals surface area contributed by atoms with Gasteiger partial charge in [-0.3, -0.25) is 4.79 Å². The molecule has 1 aliphatic carbocycles. The summed E-state index contributed by atoms with van der Waals surface area (Å²) in [5.41, 5.74) is 0. The van der Waals surface area contributed by atoms with E-state index in [0.717, 1.165) is 32.6 Å². The van der Waals surface area contributed by atoms with Gasteiger partial charge in [-0.15, -0.1) is 0 Å². The molecule has 5 heteroatoms. The number of hydrogen-bond donors (Lipinski definition) is 0. The lowest BCUT2D eigenvalue weighted by molar-refractivity contribution is -0.236. The highest BCUT2D eigenvalue weighted by Crippen LogP contribution is 2.39. The first-order valence-electron chi connectivity index (χ1n) is 7.58. The first kappa shape index (κ1) is 17.3. The SMILES string of the molecule is CCCCCC1CCC(C(OC(C)=O)C(F)(F)F)CC1. The van der Waals surface area contributed by atoms with E-state index in [2.05, 4.69) is 11.7 Å². The summed E-state index contributed by atoms with van der Waals surface area (Å²) in [5, 5.41) is 0. The van der Waals surface area contributed by atoms with Crippen LogP contribution in [0.3, 0.4) is 0 Å². The molecule has 20 heavy (non-hydrogen) atoms. The van der Waals surface area contributed by atoms with Crippen LogP contribution in [0.4, 0.5) is 13.2 Å². The Morgan fingerprint density at radius 2 is 1.80 bits per heavy atom. The molecule has 0 radical (unpaired) electrons. The van der Waals surface area contributed by atoms with E-state index in [9.17, 15) is 18.0 Å². The smallest absolute Gasteiger partial charge is 0.425 e. The fraction of sp³-hybridized carbons (Fsp3) is 0.933. The van der Waals surface area contributed by atoms with E-state index in [1.54, 1.807) is 0 Å². The van der Waals surface area contributed by atoms with Crippen LogP contribution in [0, 0.1) is 11.8 Å². The van der Waals surface area contributed by atoms with Crippen LogP contribution in [0.25, 0.3) is 0 Å². The van der Waals surface area contributed by atoms with E-state index >= 15 is 0 Å². The van der Waals surface area contributed by atoms with E-state index in [1.165, 1.54) is 12.8 Å². The molecule has 1 aliphatic rings. The van der Waals surface area contributed by atoms with Gasteiger partial charge in [0, 0.05) is 12.8 Å². The van der Waals surface area contributed by atoms with Crippen molar-refractivity contribution in [3.63, 3.8) is 0 Å². The molecule has 1 rings (SSSR count). The average Bonchev–Trinajstić information content (AvgIpc) is 2.36. The summed E-state index contributed by atoms with van der Waals surface area (Å²) >= 11 is 0. The predicted octanol–water partition coefficient (Wildman–Crippen LogP) is 4.87. The van der Waals surface area contributed by atoms with Crippen molar-refractivity contribution in [2.75, 3.05) is 0 Å². The van der Waals surface area contributed by atoms with Crippen molar-refractivity contribution < 1.29 is 22.7 Å². The zero-order valence-electron chi connectivity index (χ0n) is 12.3. The van der Waals surface area contributed by atoms with E-state index in [4.69, 9.17) is 0 Å². The number of carbonyl (C=O) groups excluding carboxylic acids is 1. The van der Waals surface area contributed by atoms with Crippen molar-refractivity contribution in [3.05, 3.63) is 0 Å². The summed E-state index contributed by atoms with van der Waals surface area (Å²) in [6.45, 7) is 3.18. The van der Waals surface area contributed by atoms with Gasteiger partial charge in [0.2, 0.25) is 0 Å². The van der Waals surface area contributed by atoms with Crippen LogP contribution in [-0.2, 0) is 9.53 Å². The molecular formula is C15H25F3O2. The van der Waals surface area contributed by atoms with Gasteiger partial charge in [0.1, 0.15) is 0 Å². The number of alkyl halides is 3. The minimum Gasteiger partial charge on any atom is -0.453 e. The highest BCUT2D eigenvalue weighted by atomic mass is 19.4. The second kappa shape index (κ2) is 7.89. The van der Waals surface area contributed by atoms with Crippen molar-refractivity contribution >= 4 is 5.97 Å². The zero-order chi connectivity index (χ0) is 15.2. The Bertz CT molecular complexity index is 294. The van der Waals surface area contributed by atoms with Gasteiger partial charge < -0.3 is 4.74 Å². The lowest BCUT2D eigenvalue weighted by Gasteiger charge is -2.34. The first-order chi connectivity index (χ1) is 9.34. The first-order valence-corrected chi connectivity index (χ1v) is 7.58. The molecule has 1 fully saturated rings. The number of esters is 1. The average molecular weight is 294 g/mol. The highest BCUT2D eigenvalue weighted by Gasteiger charge is 2.48. The Hall–Kier alpha value is -0.740. The van der Waals surface area contributed by atoms with Gasteiger partial charge in [-0.1, -0.05) is 45.4 Å². The largest absolute Gasteiger partial charge is 0.453 e. The van der Waals surface area contributed by atoms with Gasteiger partial charge in [0.25, 0.3) is 0 Å². The summed E-state index contributed by atoms with van der Waals surface area (Å²) in [4.78, 5) is 10.9. The Morgan fingerprint density at radius 3 is 2.25 bits per heavy atom. The standard InChI is InChI=1S/C15H25F3O2/c1-3-4-5-6-12-7-9-13(10-8-12)14(15(16,17)18)20-11(2)19/h12-14H,3-10H2,1-2H3. The molecule has 0 aromatic heterocycles. The molecule has 2 nitrogen and oxygen atoms in total. The molecule has 0 aliphatic heterocycles. The van der Waals surface area contributed by atoms with Gasteiger partial charge in [-0.05, 0) is 18.8 Å². The van der Waals surface area contributed by atoms with Gasteiger partial charge >= 0.3 is 12.1 Å². The van der Waals surface area contributed by atoms with Crippen molar-refractivity contribution in [2.45, 2.75) is 77.5 Å². The maximum Gasteiger partial charge on any atom is 0.425 e. The Labute approximate surface area is 119 Å². The topological polar surface area (TPSA) is 26.3 Å². The maximum absolute atomic E-state index is 12.9. The quantitative estimate of drug-likeness (QED) is 0.516. The Balaban J connectivity index is 2.46. The van der Waals surface area contributed by atoms with Gasteiger partial charge in [-0.2, -0.15) is 13.2 Å². The molecule has 1 unspecified atom stereocenters. The van der Waals surface area contributed by atoms with Crippen molar-refractivity contribution in [1.29, 1.82) is 0 Å². The minimum atomic E-state index is -4.45. The van der Waals surface area contributed by atoms with Gasteiger partial charge in [0.15, 0.2) is 6.10 Å². The third kappa shape index (κ3) is 5.71. The predicted molar refractivity (Wildman–Crippen MR) is 71.2 cm³/mol. The molecule has 118 valence electrons. The van der Waals surface area contributed by atoms with Crippen LogP contribution in [0.2, 0.25) is 0 Å². The van der Waals surface area contributed by atoms with Gasteiger partial charge in [0.05, 0.1) is 0 Å². The summed E-state index contributed by atoms with van der Waals surface area (Å²) < 4.78 is 43.3. The molecule has 1 saturated carbocycles. The maximum atomic E-state index is 12.9. The van der Waals surface area contributed by atoms with Crippen LogP contribution in [0.15, 0.2) is 0 Å². The summed E-state index contributed by atoms with van der Waals surface area (Å²) in [5.74, 6) is -0.872. The van der Waals surface area contributed by atoms with E-state index < -0.39 is 24.2 Å². The molecule has 0 spiro atoms. The molecule has 0 bridgehead atoms. The number of ether oxygens (including phenoxy) is 1. The lowest BCUT2D eigenvalue weighted by atomic mass is 9.77. The van der Waals surface area contributed by atoms with Crippen LogP contribution in [0.5, 0.6) is 0 Å². The normalized spacial score (nSPS) is 25.2. The van der Waals surface area contributed by atoms with Crippen LogP contribution >= 0.6 is 0 Å². The monoisotopic (exact) mass is 294 g/mol. The molecule has 0 N–H and O–H groups in total. The summed E-state index contributed by atoms with van der Waals surface area (Å²) in [6.07, 6.45) is 0.926. The minimum absolute atomic E-state index is 0.508. The van der Waals surface area contributed by atoms with Gasteiger partial charge in [-0.25, -0.2) is 0 Å². The number of unbranched alkanes of at least 4 members (excludes halogenated alkanes) is 2. The van der Waals surface area contributed by atoms with Crippen LogP contribution in [-0.4, -0.2) is 18.2 Å². The summed E-state index contributed by atoms with van der Waals surface area (Å²) in [6, 6.07) is 0. The number of carbonyl (C=O) groups is 1. The lowest BCUT2D eigenvalue weighted by Crippen LogP contribution is -2.41. The van der Waals surface area contributed by atoms with Crippen molar-refractivity contribution in [3.8, 4) is 0 Å². The van der Waals surface area contributed by atoms with Crippen molar-refractivity contribution in [2.24, 2.45) is 11.8 Å². The number of hydrogen-bond acceptors (Lipinski definition) is 2. The fourth-order valence-electron chi connectivity index (χ4n) is 3.07. The highest BCUT2D eigenvalue weighted by molar-refractivity contribution is 5.66. The third-order valence-corrected chi connectivity index (χ3v) is 4.15. The van der Waals surface area contributed by atoms with Crippen molar-refractivity contribution in [1.82, 2.24) is 0 Å². The van der Waals surface area contributed by atoms with E-state index in [-0.39, 0.29) is 0 Å². The molecule has 0 saturated heterocycles. The molecule has 1 atom stereocenters. The summed E-state index contributed by atoms with van der Waals surface area (Å²) in [7, 11) is 0. The van der Waals surface area contributed by atoms with Crippen LogP contribution in [0.1, 0.15) is 65.2 Å². The molecule has 0 amide bonds. The third-order valence-electron chi connectivity index (χ3n) is 4.15. The van der Waals surface area contributed by atoms with E-state index in [0.29, 0.717) is 18.8 Å². The molecule has 0 heterocycles. The number of halogens is 3. The molecular weight excluding hydrogens is 269 g/mol. The number of rotatable bonds is 6. The van der Waals surface area contributed by atoms with E-state index in [1.807, 2.05) is 0 Å². The Kier molecular flexibility index (Phi) is 6.83. The second-order valence-corrected chi connectivity index (χ2v) is 5.85. The van der Waals surface area contributed by atoms with Crippen LogP contribution < -0.4 is 0 Å². The Morgan fingerprint density at radius 1 is 1.20 bits per heavy atom. The zero-order valence-corrected chi connectivity index (χ0v) is 12.3. The fourth-order valence-corrected chi connectivity index (χ4v) is 3.07. The molecule has 0 aromatic carbocycles. The second-order valence-electron chi connectivity index (χ2n) is 5.85. The molecule has 0 aromatic rings.